The van der Waals surface area contributed by atoms with Crippen molar-refractivity contribution >= 4 is 11.6 Å². The van der Waals surface area contributed by atoms with E-state index in [-0.39, 0.29) is 18.0 Å². The Morgan fingerprint density at radius 1 is 1.41 bits per heavy atom. The monoisotopic (exact) mass is 298 g/mol. The predicted octanol–water partition coefficient (Wildman–Crippen LogP) is 1.84. The number of hydrogen-bond donors (Lipinski definition) is 1. The number of amides is 1. The second-order valence-electron chi connectivity index (χ2n) is 5.96. The second-order valence-corrected chi connectivity index (χ2v) is 5.96. The number of para-hydroxylation sites is 1. The molecule has 0 unspecified atom stereocenters. The molecule has 0 fully saturated rings. The van der Waals surface area contributed by atoms with Crippen molar-refractivity contribution in [1.82, 2.24) is 15.1 Å². The van der Waals surface area contributed by atoms with Gasteiger partial charge in [-0.25, -0.2) is 0 Å². The number of fused-ring (bicyclic) bond motifs is 1. The van der Waals surface area contributed by atoms with E-state index in [1.165, 1.54) is 5.56 Å². The zero-order valence-corrected chi connectivity index (χ0v) is 13.1. The molecule has 1 N–H and O–H groups in total. The van der Waals surface area contributed by atoms with Gasteiger partial charge in [-0.2, -0.15) is 5.10 Å². The van der Waals surface area contributed by atoms with E-state index in [1.807, 2.05) is 40.0 Å². The molecule has 2 heterocycles. The molecule has 1 aromatic carbocycles. The predicted molar refractivity (Wildman–Crippen MR) is 86.8 cm³/mol. The third-order valence-electron chi connectivity index (χ3n) is 4.10. The number of benzene rings is 1. The zero-order chi connectivity index (χ0) is 15.5. The van der Waals surface area contributed by atoms with Crippen LogP contribution in [0.3, 0.4) is 0 Å². The highest BCUT2D eigenvalue weighted by molar-refractivity contribution is 5.97. The summed E-state index contributed by atoms with van der Waals surface area (Å²) in [4.78, 5) is 14.5. The minimum Gasteiger partial charge on any atom is -0.308 e. The Morgan fingerprint density at radius 3 is 3.00 bits per heavy atom. The number of rotatable bonds is 5. The van der Waals surface area contributed by atoms with Gasteiger partial charge >= 0.3 is 0 Å². The lowest BCUT2D eigenvalue weighted by Gasteiger charge is -2.24. The van der Waals surface area contributed by atoms with Crippen LogP contribution in [0.25, 0.3) is 0 Å². The van der Waals surface area contributed by atoms with Gasteiger partial charge in [-0.05, 0) is 38.0 Å². The van der Waals surface area contributed by atoms with Crippen LogP contribution in [-0.2, 0) is 17.8 Å². The van der Waals surface area contributed by atoms with Crippen molar-refractivity contribution in [1.29, 1.82) is 0 Å². The minimum absolute atomic E-state index is 0.129. The molecular weight excluding hydrogens is 276 g/mol. The highest BCUT2D eigenvalue weighted by Crippen LogP contribution is 2.31. The summed E-state index contributed by atoms with van der Waals surface area (Å²) in [6, 6.07) is 10.5. The number of aromatic nitrogens is 2. The van der Waals surface area contributed by atoms with Crippen molar-refractivity contribution in [3.8, 4) is 0 Å². The summed E-state index contributed by atoms with van der Waals surface area (Å²) in [5.41, 5.74) is 2.31. The molecule has 0 saturated heterocycles. The summed E-state index contributed by atoms with van der Waals surface area (Å²) in [6.07, 6.45) is 4.63. The molecule has 1 aliphatic rings. The van der Waals surface area contributed by atoms with Gasteiger partial charge in [0.1, 0.15) is 0 Å². The Bertz CT molecular complexity index is 638. The highest BCUT2D eigenvalue weighted by Gasteiger charge is 2.30. The average Bonchev–Trinajstić information content (AvgIpc) is 3.11. The van der Waals surface area contributed by atoms with E-state index in [2.05, 4.69) is 30.3 Å². The molecule has 0 aliphatic carbocycles. The molecule has 1 aromatic heterocycles. The molecule has 0 radical (unpaired) electrons. The first-order chi connectivity index (χ1) is 10.6. The maximum Gasteiger partial charge on any atom is 0.241 e. The van der Waals surface area contributed by atoms with Crippen molar-refractivity contribution in [3.05, 3.63) is 48.3 Å². The van der Waals surface area contributed by atoms with Crippen molar-refractivity contribution in [2.75, 3.05) is 11.4 Å². The number of carbonyl (C=O) groups excluding carboxylic acids is 1. The molecule has 22 heavy (non-hydrogen) atoms. The SMILES string of the molecule is C[C@@H]1Cc2ccccc2N1C(=O)CN[C@@H](C)Cn1cccn1. The molecule has 3 rings (SSSR count). The Balaban J connectivity index is 1.58. The first kappa shape index (κ1) is 14.8. The third kappa shape index (κ3) is 3.04. The van der Waals surface area contributed by atoms with Crippen molar-refractivity contribution < 1.29 is 4.79 Å². The van der Waals surface area contributed by atoms with Crippen LogP contribution < -0.4 is 10.2 Å². The molecule has 116 valence electrons. The fraction of sp³-hybridized carbons (Fsp3) is 0.412. The maximum absolute atomic E-state index is 12.6. The first-order valence-electron chi connectivity index (χ1n) is 7.76. The Hall–Kier alpha value is -2.14. The van der Waals surface area contributed by atoms with E-state index in [9.17, 15) is 4.79 Å². The van der Waals surface area contributed by atoms with Crippen LogP contribution >= 0.6 is 0 Å². The van der Waals surface area contributed by atoms with Gasteiger partial charge < -0.3 is 10.2 Å². The van der Waals surface area contributed by atoms with Gasteiger partial charge in [0.05, 0.1) is 13.1 Å². The first-order valence-corrected chi connectivity index (χ1v) is 7.76. The van der Waals surface area contributed by atoms with E-state index in [1.54, 1.807) is 6.20 Å². The summed E-state index contributed by atoms with van der Waals surface area (Å²) >= 11 is 0. The lowest BCUT2D eigenvalue weighted by Crippen LogP contribution is -2.44. The van der Waals surface area contributed by atoms with E-state index in [0.29, 0.717) is 6.54 Å². The van der Waals surface area contributed by atoms with E-state index < -0.39 is 0 Å². The van der Waals surface area contributed by atoms with Crippen LogP contribution in [0.2, 0.25) is 0 Å². The average molecular weight is 298 g/mol. The van der Waals surface area contributed by atoms with Gasteiger partial charge in [0, 0.05) is 30.2 Å². The molecule has 5 heteroatoms. The minimum atomic E-state index is 0.129. The van der Waals surface area contributed by atoms with Crippen LogP contribution in [0, 0.1) is 0 Å². The third-order valence-corrected chi connectivity index (χ3v) is 4.10. The van der Waals surface area contributed by atoms with Crippen LogP contribution in [-0.4, -0.2) is 34.3 Å². The Labute approximate surface area is 130 Å². The molecule has 1 amide bonds. The second kappa shape index (κ2) is 6.32. The Morgan fingerprint density at radius 2 is 2.23 bits per heavy atom. The van der Waals surface area contributed by atoms with E-state index in [0.717, 1.165) is 18.7 Å². The summed E-state index contributed by atoms with van der Waals surface area (Å²) in [5.74, 6) is 0.129. The summed E-state index contributed by atoms with van der Waals surface area (Å²) < 4.78 is 1.87. The normalized spacial score (nSPS) is 18.3. The van der Waals surface area contributed by atoms with Gasteiger partial charge in [-0.3, -0.25) is 9.48 Å². The van der Waals surface area contributed by atoms with Gasteiger partial charge in [-0.15, -0.1) is 0 Å². The van der Waals surface area contributed by atoms with E-state index >= 15 is 0 Å². The molecule has 0 spiro atoms. The largest absolute Gasteiger partial charge is 0.308 e. The maximum atomic E-state index is 12.6. The van der Waals surface area contributed by atoms with Crippen LogP contribution in [0.5, 0.6) is 0 Å². The van der Waals surface area contributed by atoms with Gasteiger partial charge in [0.25, 0.3) is 0 Å². The van der Waals surface area contributed by atoms with Gasteiger partial charge in [0.2, 0.25) is 5.91 Å². The van der Waals surface area contributed by atoms with Crippen molar-refractivity contribution in [2.45, 2.75) is 38.9 Å². The van der Waals surface area contributed by atoms with Crippen LogP contribution in [0.1, 0.15) is 19.4 Å². The topological polar surface area (TPSA) is 50.2 Å². The molecule has 0 saturated carbocycles. The lowest BCUT2D eigenvalue weighted by atomic mass is 10.1. The number of nitrogens with zero attached hydrogens (tertiary/aromatic N) is 3. The molecule has 2 aromatic rings. The standard InChI is InChI=1S/C17H22N4O/c1-13(12-20-9-5-8-19-20)18-11-17(22)21-14(2)10-15-6-3-4-7-16(15)21/h3-9,13-14,18H,10-12H2,1-2H3/t13-,14+/m0/s1. The van der Waals surface area contributed by atoms with Crippen molar-refractivity contribution in [2.24, 2.45) is 0 Å². The number of anilines is 1. The lowest BCUT2D eigenvalue weighted by molar-refractivity contribution is -0.118. The Kier molecular flexibility index (Phi) is 4.24. The van der Waals surface area contributed by atoms with Gasteiger partial charge in [0.15, 0.2) is 0 Å². The van der Waals surface area contributed by atoms with Gasteiger partial charge in [-0.1, -0.05) is 18.2 Å². The summed E-state index contributed by atoms with van der Waals surface area (Å²) in [6.45, 7) is 5.27. The number of nitrogens with one attached hydrogen (secondary N) is 1. The molecule has 2 atom stereocenters. The fourth-order valence-electron chi connectivity index (χ4n) is 3.05. The highest BCUT2D eigenvalue weighted by atomic mass is 16.2. The molecular formula is C17H22N4O. The van der Waals surface area contributed by atoms with Crippen LogP contribution in [0.15, 0.2) is 42.7 Å². The zero-order valence-electron chi connectivity index (χ0n) is 13.1. The van der Waals surface area contributed by atoms with Crippen molar-refractivity contribution in [3.63, 3.8) is 0 Å². The smallest absolute Gasteiger partial charge is 0.241 e. The molecule has 1 aliphatic heterocycles. The molecule has 5 nitrogen and oxygen atoms in total. The quantitative estimate of drug-likeness (QED) is 0.916. The summed E-state index contributed by atoms with van der Waals surface area (Å²) in [7, 11) is 0. The van der Waals surface area contributed by atoms with Crippen LogP contribution in [0.4, 0.5) is 5.69 Å². The van der Waals surface area contributed by atoms with E-state index in [4.69, 9.17) is 0 Å². The fourth-order valence-corrected chi connectivity index (χ4v) is 3.05. The molecule has 0 bridgehead atoms. The number of hydrogen-bond acceptors (Lipinski definition) is 3. The number of carbonyl (C=O) groups is 1. The summed E-state index contributed by atoms with van der Waals surface area (Å²) in [5, 5.41) is 7.48.